The molecule has 0 unspecified atom stereocenters. The second kappa shape index (κ2) is 4.58. The minimum absolute atomic E-state index is 0.237. The van der Waals surface area contributed by atoms with Crippen LogP contribution in [-0.4, -0.2) is 4.87 Å². The number of rotatable bonds is 2. The molecule has 0 atom stereocenters. The van der Waals surface area contributed by atoms with Gasteiger partial charge in [-0.3, -0.25) is 0 Å². The van der Waals surface area contributed by atoms with E-state index >= 15 is 0 Å². The highest BCUT2D eigenvalue weighted by Gasteiger charge is 2.44. The zero-order chi connectivity index (χ0) is 11.6. The molecule has 2 heteroatoms. The lowest BCUT2D eigenvalue weighted by Gasteiger charge is -2.11. The normalized spacial score (nSPS) is 19.4. The van der Waals surface area contributed by atoms with E-state index in [0.29, 0.717) is 11.1 Å². The first-order valence-corrected chi connectivity index (χ1v) is 6.14. The largest absolute Gasteiger partial charge is 0.206 e. The average molecular weight is 239 g/mol. The van der Waals surface area contributed by atoms with Crippen molar-refractivity contribution in [3.8, 4) is 0 Å². The summed E-state index contributed by atoms with van der Waals surface area (Å²) in [4.78, 5) is -0.359. The van der Waals surface area contributed by atoms with E-state index in [1.165, 1.54) is 25.3 Å². The maximum atomic E-state index is 13.3. The van der Waals surface area contributed by atoms with Gasteiger partial charge in [-0.25, -0.2) is 4.39 Å². The third kappa shape index (κ3) is 2.85. The number of halogens is 2. The van der Waals surface area contributed by atoms with Crippen LogP contribution in [0.4, 0.5) is 4.39 Å². The van der Waals surface area contributed by atoms with Crippen molar-refractivity contribution in [2.45, 2.75) is 37.0 Å². The molecule has 0 N–H and O–H groups in total. The van der Waals surface area contributed by atoms with E-state index in [9.17, 15) is 4.39 Å². The Morgan fingerprint density at radius 3 is 2.19 bits per heavy atom. The smallest absolute Gasteiger partial charge is 0.130 e. The van der Waals surface area contributed by atoms with E-state index in [0.717, 1.165) is 12.8 Å². The predicted octanol–water partition coefficient (Wildman–Crippen LogP) is 4.78. The maximum absolute atomic E-state index is 13.3. The van der Waals surface area contributed by atoms with Crippen molar-refractivity contribution in [2.75, 3.05) is 0 Å². The molecule has 1 aromatic carbocycles. The molecular formula is C14H16ClF. The van der Waals surface area contributed by atoms with Crippen LogP contribution < -0.4 is 0 Å². The molecular weight excluding hydrogens is 223 g/mol. The van der Waals surface area contributed by atoms with Gasteiger partial charge in [-0.2, -0.15) is 0 Å². The summed E-state index contributed by atoms with van der Waals surface area (Å²) in [5.74, 6) is -0.237. The summed E-state index contributed by atoms with van der Waals surface area (Å²) in [6.45, 7) is 3.85. The van der Waals surface area contributed by atoms with Crippen LogP contribution in [0.5, 0.6) is 0 Å². The SMILES string of the molecule is C1CC1.C=C(c1ccccc1F)C1(Cl)CC1. The van der Waals surface area contributed by atoms with Gasteiger partial charge >= 0.3 is 0 Å². The summed E-state index contributed by atoms with van der Waals surface area (Å²) < 4.78 is 13.3. The lowest BCUT2D eigenvalue weighted by atomic mass is 10.0. The van der Waals surface area contributed by atoms with Crippen LogP contribution in [0.1, 0.15) is 37.7 Å². The van der Waals surface area contributed by atoms with Crippen LogP contribution in [-0.2, 0) is 0 Å². The number of hydrogen-bond acceptors (Lipinski definition) is 0. The van der Waals surface area contributed by atoms with Crippen LogP contribution in [0.2, 0.25) is 0 Å². The van der Waals surface area contributed by atoms with E-state index in [1.54, 1.807) is 18.2 Å². The first-order chi connectivity index (χ1) is 7.63. The van der Waals surface area contributed by atoms with Gasteiger partial charge in [-0.15, -0.1) is 11.6 Å². The molecule has 2 saturated carbocycles. The van der Waals surface area contributed by atoms with E-state index in [1.807, 2.05) is 0 Å². The molecule has 0 radical (unpaired) electrons. The summed E-state index contributed by atoms with van der Waals surface area (Å²) in [5.41, 5.74) is 1.27. The van der Waals surface area contributed by atoms with E-state index in [-0.39, 0.29) is 10.7 Å². The summed E-state index contributed by atoms with van der Waals surface area (Å²) in [5, 5.41) is 0. The standard InChI is InChI=1S/C11H10ClF.C3H6/c1-8(11(12)6-7-11)9-4-2-3-5-10(9)13;1-2-3-1/h2-5H,1,6-7H2;1-3H2. The number of alkyl halides is 1. The lowest BCUT2D eigenvalue weighted by Crippen LogP contribution is -2.02. The number of benzene rings is 1. The van der Waals surface area contributed by atoms with Crippen LogP contribution in [0.15, 0.2) is 30.8 Å². The van der Waals surface area contributed by atoms with E-state index in [2.05, 4.69) is 6.58 Å². The van der Waals surface area contributed by atoms with E-state index < -0.39 is 0 Å². The van der Waals surface area contributed by atoms with Crippen molar-refractivity contribution in [1.29, 1.82) is 0 Å². The summed E-state index contributed by atoms with van der Waals surface area (Å²) in [7, 11) is 0. The van der Waals surface area contributed by atoms with Crippen molar-refractivity contribution >= 4 is 17.2 Å². The molecule has 86 valence electrons. The summed E-state index contributed by atoms with van der Waals surface area (Å²) >= 11 is 6.14. The maximum Gasteiger partial charge on any atom is 0.130 e. The Bertz CT molecular complexity index is 389. The minimum Gasteiger partial charge on any atom is -0.206 e. The van der Waals surface area contributed by atoms with Crippen molar-refractivity contribution in [3.05, 3.63) is 42.2 Å². The highest BCUT2D eigenvalue weighted by molar-refractivity contribution is 6.32. The van der Waals surface area contributed by atoms with Gasteiger partial charge < -0.3 is 0 Å². The Balaban J connectivity index is 0.000000278. The van der Waals surface area contributed by atoms with Crippen molar-refractivity contribution < 1.29 is 4.39 Å². The Kier molecular flexibility index (Phi) is 3.34. The van der Waals surface area contributed by atoms with Crippen molar-refractivity contribution in [3.63, 3.8) is 0 Å². The summed E-state index contributed by atoms with van der Waals surface area (Å²) in [6, 6.07) is 6.62. The molecule has 0 amide bonds. The highest BCUT2D eigenvalue weighted by Crippen LogP contribution is 2.52. The van der Waals surface area contributed by atoms with Gasteiger partial charge in [0.1, 0.15) is 5.82 Å². The van der Waals surface area contributed by atoms with Gasteiger partial charge in [-0.05, 0) is 24.5 Å². The fourth-order valence-electron chi connectivity index (χ4n) is 1.36. The van der Waals surface area contributed by atoms with Crippen LogP contribution in [0.3, 0.4) is 0 Å². The molecule has 16 heavy (non-hydrogen) atoms. The molecule has 3 rings (SSSR count). The van der Waals surface area contributed by atoms with Gasteiger partial charge in [0.15, 0.2) is 0 Å². The van der Waals surface area contributed by atoms with Crippen LogP contribution in [0.25, 0.3) is 5.57 Å². The van der Waals surface area contributed by atoms with Crippen molar-refractivity contribution in [1.82, 2.24) is 0 Å². The first kappa shape index (κ1) is 11.7. The Hall–Kier alpha value is -0.820. The van der Waals surface area contributed by atoms with Gasteiger partial charge in [0.2, 0.25) is 0 Å². The third-order valence-corrected chi connectivity index (χ3v) is 3.39. The molecule has 0 aliphatic heterocycles. The molecule has 0 heterocycles. The fraction of sp³-hybridized carbons (Fsp3) is 0.429. The minimum atomic E-state index is -0.359. The van der Waals surface area contributed by atoms with Gasteiger partial charge in [-0.1, -0.05) is 44.0 Å². The Morgan fingerprint density at radius 1 is 1.19 bits per heavy atom. The summed E-state index contributed by atoms with van der Waals surface area (Å²) in [6.07, 6.45) is 6.31. The van der Waals surface area contributed by atoms with Gasteiger partial charge in [0.05, 0.1) is 4.87 Å². The second-order valence-corrected chi connectivity index (χ2v) is 5.21. The zero-order valence-electron chi connectivity index (χ0n) is 9.31. The average Bonchev–Trinajstić information content (AvgIpc) is 3.13. The molecule has 0 spiro atoms. The molecule has 0 aromatic heterocycles. The van der Waals surface area contributed by atoms with E-state index in [4.69, 9.17) is 11.6 Å². The molecule has 1 aromatic rings. The molecule has 2 aliphatic carbocycles. The Labute approximate surface area is 101 Å². The molecule has 2 fully saturated rings. The quantitative estimate of drug-likeness (QED) is 0.651. The van der Waals surface area contributed by atoms with Crippen LogP contribution >= 0.6 is 11.6 Å². The monoisotopic (exact) mass is 238 g/mol. The topological polar surface area (TPSA) is 0 Å². The lowest BCUT2D eigenvalue weighted by molar-refractivity contribution is 0.623. The zero-order valence-corrected chi connectivity index (χ0v) is 10.1. The molecule has 0 bridgehead atoms. The third-order valence-electron chi connectivity index (χ3n) is 2.78. The molecule has 2 aliphatic rings. The first-order valence-electron chi connectivity index (χ1n) is 5.77. The second-order valence-electron chi connectivity index (χ2n) is 4.48. The molecule has 0 nitrogen and oxygen atoms in total. The predicted molar refractivity (Wildman–Crippen MR) is 67.1 cm³/mol. The van der Waals surface area contributed by atoms with Crippen molar-refractivity contribution in [2.24, 2.45) is 0 Å². The fourth-order valence-corrected chi connectivity index (χ4v) is 1.56. The Morgan fingerprint density at radius 2 is 1.75 bits per heavy atom. The van der Waals surface area contributed by atoms with Gasteiger partial charge in [0, 0.05) is 5.56 Å². The number of hydrogen-bond donors (Lipinski definition) is 0. The highest BCUT2D eigenvalue weighted by atomic mass is 35.5. The van der Waals surface area contributed by atoms with Crippen LogP contribution in [0, 0.1) is 5.82 Å². The number of allylic oxidation sites excluding steroid dienone is 1. The van der Waals surface area contributed by atoms with Gasteiger partial charge in [0.25, 0.3) is 0 Å². The molecule has 0 saturated heterocycles.